The summed E-state index contributed by atoms with van der Waals surface area (Å²) in [7, 11) is 1.59. The van der Waals surface area contributed by atoms with Crippen LogP contribution < -0.4 is 10.6 Å². The Bertz CT molecular complexity index is 497. The Labute approximate surface area is 140 Å². The normalized spacial score (nSPS) is 13.8. The van der Waals surface area contributed by atoms with Gasteiger partial charge in [-0.1, -0.05) is 40.9 Å². The van der Waals surface area contributed by atoms with Crippen LogP contribution in [0.3, 0.4) is 0 Å². The quantitative estimate of drug-likeness (QED) is 0.583. The molecule has 0 fully saturated rings. The molecule has 0 aromatic heterocycles. The second-order valence-electron chi connectivity index (χ2n) is 4.66. The smallest absolute Gasteiger partial charge is 0.236 e. The molecule has 0 aliphatic heterocycles. The minimum Gasteiger partial charge on any atom is -0.383 e. The maximum absolute atomic E-state index is 11.9. The van der Waals surface area contributed by atoms with Crippen molar-refractivity contribution in [2.45, 2.75) is 25.9 Å². The zero-order valence-electron chi connectivity index (χ0n) is 12.2. The van der Waals surface area contributed by atoms with Crippen LogP contribution in [0.1, 0.15) is 25.5 Å². The van der Waals surface area contributed by atoms with Gasteiger partial charge in [-0.3, -0.25) is 10.1 Å². The van der Waals surface area contributed by atoms with Gasteiger partial charge >= 0.3 is 0 Å². The van der Waals surface area contributed by atoms with Gasteiger partial charge in [0.05, 0.1) is 27.7 Å². The average Bonchev–Trinajstić information content (AvgIpc) is 2.44. The van der Waals surface area contributed by atoms with Gasteiger partial charge in [0.25, 0.3) is 0 Å². The topological polar surface area (TPSA) is 50.4 Å². The summed E-state index contributed by atoms with van der Waals surface area (Å²) >= 11 is 18.1. The van der Waals surface area contributed by atoms with Crippen LogP contribution >= 0.6 is 34.8 Å². The second kappa shape index (κ2) is 8.81. The third-order valence-electron chi connectivity index (χ3n) is 3.03. The Balaban J connectivity index is 2.66. The van der Waals surface area contributed by atoms with Crippen molar-refractivity contribution in [1.29, 1.82) is 0 Å². The number of ether oxygens (including phenoxy) is 1. The van der Waals surface area contributed by atoms with E-state index in [-0.39, 0.29) is 18.0 Å². The summed E-state index contributed by atoms with van der Waals surface area (Å²) < 4.78 is 4.88. The van der Waals surface area contributed by atoms with E-state index in [0.717, 1.165) is 5.56 Å². The highest BCUT2D eigenvalue weighted by molar-refractivity contribution is 6.48. The highest BCUT2D eigenvalue weighted by Crippen LogP contribution is 2.35. The lowest BCUT2D eigenvalue weighted by Crippen LogP contribution is -2.44. The van der Waals surface area contributed by atoms with Crippen LogP contribution in [-0.2, 0) is 9.53 Å². The zero-order valence-corrected chi connectivity index (χ0v) is 14.4. The number of amides is 1. The minimum absolute atomic E-state index is 0.102. The number of benzene rings is 1. The van der Waals surface area contributed by atoms with E-state index < -0.39 is 0 Å². The largest absolute Gasteiger partial charge is 0.383 e. The van der Waals surface area contributed by atoms with Crippen LogP contribution in [-0.4, -0.2) is 32.2 Å². The number of methoxy groups -OCH3 is 1. The fraction of sp³-hybridized carbons (Fsp3) is 0.500. The minimum atomic E-state index is -0.373. The first-order valence-corrected chi connectivity index (χ1v) is 7.68. The molecule has 1 aromatic carbocycles. The SMILES string of the molecule is COCCNC(=O)C(C)NC(C)c1ccc(Cl)c(Cl)c1Cl. The van der Waals surface area contributed by atoms with E-state index in [9.17, 15) is 4.79 Å². The first-order chi connectivity index (χ1) is 9.88. The molecule has 0 heterocycles. The number of hydrogen-bond acceptors (Lipinski definition) is 3. The van der Waals surface area contributed by atoms with Crippen LogP contribution in [0, 0.1) is 0 Å². The van der Waals surface area contributed by atoms with Crippen molar-refractivity contribution in [1.82, 2.24) is 10.6 Å². The molecule has 21 heavy (non-hydrogen) atoms. The molecule has 2 atom stereocenters. The van der Waals surface area contributed by atoms with Gasteiger partial charge in [0.1, 0.15) is 0 Å². The summed E-state index contributed by atoms with van der Waals surface area (Å²) in [6.07, 6.45) is 0. The lowest BCUT2D eigenvalue weighted by atomic mass is 10.1. The van der Waals surface area contributed by atoms with Crippen molar-refractivity contribution in [3.05, 3.63) is 32.8 Å². The van der Waals surface area contributed by atoms with Crippen LogP contribution in [0.4, 0.5) is 0 Å². The zero-order chi connectivity index (χ0) is 16.0. The predicted molar refractivity (Wildman–Crippen MR) is 87.4 cm³/mol. The molecule has 1 rings (SSSR count). The maximum Gasteiger partial charge on any atom is 0.236 e. The van der Waals surface area contributed by atoms with E-state index in [1.807, 2.05) is 6.92 Å². The molecule has 0 radical (unpaired) electrons. The summed E-state index contributed by atoms with van der Waals surface area (Å²) in [5.74, 6) is -0.102. The van der Waals surface area contributed by atoms with Crippen molar-refractivity contribution in [3.8, 4) is 0 Å². The monoisotopic (exact) mass is 352 g/mol. The molecular weight excluding hydrogens is 335 g/mol. The van der Waals surface area contributed by atoms with Crippen LogP contribution in [0.25, 0.3) is 0 Å². The fourth-order valence-electron chi connectivity index (χ4n) is 1.85. The molecule has 118 valence electrons. The van der Waals surface area contributed by atoms with Crippen molar-refractivity contribution in [2.24, 2.45) is 0 Å². The molecule has 4 nitrogen and oxygen atoms in total. The summed E-state index contributed by atoms with van der Waals surface area (Å²) in [6, 6.07) is 2.97. The van der Waals surface area contributed by atoms with Gasteiger partial charge in [0.15, 0.2) is 0 Å². The summed E-state index contributed by atoms with van der Waals surface area (Å²) in [5, 5.41) is 7.07. The standard InChI is InChI=1S/C14H19Cl3N2O2/c1-8(10-4-5-11(15)13(17)12(10)16)19-9(2)14(20)18-6-7-21-3/h4-5,8-9,19H,6-7H2,1-3H3,(H,18,20). The van der Waals surface area contributed by atoms with Crippen molar-refractivity contribution in [3.63, 3.8) is 0 Å². The molecule has 7 heteroatoms. The Morgan fingerprint density at radius 3 is 2.52 bits per heavy atom. The van der Waals surface area contributed by atoms with Crippen molar-refractivity contribution < 1.29 is 9.53 Å². The number of carbonyl (C=O) groups is 1. The van der Waals surface area contributed by atoms with E-state index >= 15 is 0 Å². The third-order valence-corrected chi connectivity index (χ3v) is 4.34. The molecule has 2 N–H and O–H groups in total. The Morgan fingerprint density at radius 2 is 1.90 bits per heavy atom. The van der Waals surface area contributed by atoms with Crippen molar-refractivity contribution >= 4 is 40.7 Å². The Hall–Kier alpha value is -0.520. The van der Waals surface area contributed by atoms with Gasteiger partial charge in [0.2, 0.25) is 5.91 Å². The van der Waals surface area contributed by atoms with Gasteiger partial charge in [-0.25, -0.2) is 0 Å². The fourth-order valence-corrected chi connectivity index (χ4v) is 2.55. The summed E-state index contributed by atoms with van der Waals surface area (Å²) in [5.41, 5.74) is 0.794. The van der Waals surface area contributed by atoms with Crippen LogP contribution in [0.5, 0.6) is 0 Å². The molecule has 2 unspecified atom stereocenters. The number of rotatable bonds is 7. The summed E-state index contributed by atoms with van der Waals surface area (Å²) in [6.45, 7) is 4.64. The molecule has 0 saturated heterocycles. The van der Waals surface area contributed by atoms with E-state index in [1.165, 1.54) is 0 Å². The van der Waals surface area contributed by atoms with Crippen molar-refractivity contribution in [2.75, 3.05) is 20.3 Å². The van der Waals surface area contributed by atoms with Crippen LogP contribution in [0.15, 0.2) is 12.1 Å². The maximum atomic E-state index is 11.9. The van der Waals surface area contributed by atoms with E-state index in [1.54, 1.807) is 26.2 Å². The molecule has 0 aliphatic carbocycles. The third kappa shape index (κ3) is 5.31. The van der Waals surface area contributed by atoms with Gasteiger partial charge < -0.3 is 10.1 Å². The average molecular weight is 354 g/mol. The molecule has 1 amide bonds. The Kier molecular flexibility index (Phi) is 7.77. The molecular formula is C14H19Cl3N2O2. The van der Waals surface area contributed by atoms with Gasteiger partial charge in [-0.05, 0) is 25.5 Å². The Morgan fingerprint density at radius 1 is 1.24 bits per heavy atom. The first kappa shape index (κ1) is 18.5. The summed E-state index contributed by atoms with van der Waals surface area (Å²) in [4.78, 5) is 11.9. The molecule has 0 spiro atoms. The van der Waals surface area contributed by atoms with Gasteiger partial charge in [-0.2, -0.15) is 0 Å². The van der Waals surface area contributed by atoms with E-state index in [0.29, 0.717) is 28.2 Å². The predicted octanol–water partition coefficient (Wildman–Crippen LogP) is 3.45. The highest BCUT2D eigenvalue weighted by Gasteiger charge is 2.19. The number of carbonyl (C=O) groups excluding carboxylic acids is 1. The van der Waals surface area contributed by atoms with E-state index in [2.05, 4.69) is 10.6 Å². The van der Waals surface area contributed by atoms with E-state index in [4.69, 9.17) is 39.5 Å². The van der Waals surface area contributed by atoms with Crippen LogP contribution in [0.2, 0.25) is 15.1 Å². The molecule has 0 bridgehead atoms. The first-order valence-electron chi connectivity index (χ1n) is 6.54. The number of hydrogen-bond donors (Lipinski definition) is 2. The highest BCUT2D eigenvalue weighted by atomic mass is 35.5. The second-order valence-corrected chi connectivity index (χ2v) is 5.82. The molecule has 1 aromatic rings. The number of nitrogens with one attached hydrogen (secondary N) is 2. The molecule has 0 saturated carbocycles. The van der Waals surface area contributed by atoms with Gasteiger partial charge in [-0.15, -0.1) is 0 Å². The lowest BCUT2D eigenvalue weighted by Gasteiger charge is -2.21. The number of halogens is 3. The molecule has 0 aliphatic rings. The van der Waals surface area contributed by atoms with Gasteiger partial charge in [0, 0.05) is 19.7 Å². The lowest BCUT2D eigenvalue weighted by molar-refractivity contribution is -0.123.